The summed E-state index contributed by atoms with van der Waals surface area (Å²) in [5, 5.41) is 17.6. The van der Waals surface area contributed by atoms with Crippen LogP contribution in [-0.2, 0) is 0 Å². The number of nitriles is 1. The van der Waals surface area contributed by atoms with Crippen molar-refractivity contribution in [3.05, 3.63) is 47.5 Å². The minimum atomic E-state index is -1.06. The summed E-state index contributed by atoms with van der Waals surface area (Å²) in [6.07, 6.45) is 2.87. The fourth-order valence-electron chi connectivity index (χ4n) is 1.51. The molecule has 1 aromatic carbocycles. The summed E-state index contributed by atoms with van der Waals surface area (Å²) in [6, 6.07) is 7.34. The number of imidazole rings is 1. The SMILES string of the molecule is Cc1cc(-n2cnc(C(=O)O)c2)ccc1C#N. The van der Waals surface area contributed by atoms with E-state index in [1.165, 1.54) is 12.5 Å². The van der Waals surface area contributed by atoms with Gasteiger partial charge in [0.15, 0.2) is 5.69 Å². The van der Waals surface area contributed by atoms with Gasteiger partial charge in [-0.1, -0.05) is 0 Å². The van der Waals surface area contributed by atoms with Gasteiger partial charge >= 0.3 is 5.97 Å². The van der Waals surface area contributed by atoms with Crippen LogP contribution in [0.5, 0.6) is 0 Å². The van der Waals surface area contributed by atoms with Crippen LogP contribution in [0.4, 0.5) is 0 Å². The van der Waals surface area contributed by atoms with Crippen molar-refractivity contribution in [2.45, 2.75) is 6.92 Å². The van der Waals surface area contributed by atoms with E-state index in [4.69, 9.17) is 10.4 Å². The predicted molar refractivity (Wildman–Crippen MR) is 60.0 cm³/mol. The highest BCUT2D eigenvalue weighted by Crippen LogP contribution is 2.14. The number of nitrogens with zero attached hydrogens (tertiary/aromatic N) is 3. The molecule has 5 nitrogen and oxygen atoms in total. The number of aryl methyl sites for hydroxylation is 1. The molecule has 1 aromatic heterocycles. The van der Waals surface area contributed by atoms with E-state index in [0.717, 1.165) is 11.3 Å². The van der Waals surface area contributed by atoms with E-state index in [1.807, 2.05) is 13.0 Å². The number of hydrogen-bond acceptors (Lipinski definition) is 3. The van der Waals surface area contributed by atoms with E-state index >= 15 is 0 Å². The zero-order valence-electron chi connectivity index (χ0n) is 9.08. The Morgan fingerprint density at radius 2 is 2.29 bits per heavy atom. The van der Waals surface area contributed by atoms with Crippen molar-refractivity contribution >= 4 is 5.97 Å². The van der Waals surface area contributed by atoms with Crippen LogP contribution in [0.25, 0.3) is 5.69 Å². The van der Waals surface area contributed by atoms with E-state index in [9.17, 15) is 4.79 Å². The zero-order chi connectivity index (χ0) is 12.4. The molecule has 0 aliphatic rings. The molecule has 0 saturated heterocycles. The fourth-order valence-corrected chi connectivity index (χ4v) is 1.51. The molecule has 2 aromatic rings. The number of rotatable bonds is 2. The van der Waals surface area contributed by atoms with Gasteiger partial charge in [0.25, 0.3) is 0 Å². The lowest BCUT2D eigenvalue weighted by Crippen LogP contribution is -1.96. The number of benzene rings is 1. The second-order valence-electron chi connectivity index (χ2n) is 3.58. The first-order valence-corrected chi connectivity index (χ1v) is 4.90. The second-order valence-corrected chi connectivity index (χ2v) is 3.58. The van der Waals surface area contributed by atoms with Crippen LogP contribution in [-0.4, -0.2) is 20.6 Å². The molecule has 0 atom stereocenters. The van der Waals surface area contributed by atoms with Gasteiger partial charge in [0.05, 0.1) is 11.6 Å². The van der Waals surface area contributed by atoms with Crippen molar-refractivity contribution < 1.29 is 9.90 Å². The number of aromatic carboxylic acids is 1. The molecule has 0 unspecified atom stereocenters. The van der Waals surface area contributed by atoms with Gasteiger partial charge in [-0.05, 0) is 30.7 Å². The molecule has 0 aliphatic carbocycles. The van der Waals surface area contributed by atoms with Crippen LogP contribution in [0.2, 0.25) is 0 Å². The van der Waals surface area contributed by atoms with Crippen molar-refractivity contribution in [3.8, 4) is 11.8 Å². The average Bonchev–Trinajstić information content (AvgIpc) is 2.78. The maximum Gasteiger partial charge on any atom is 0.356 e. The Morgan fingerprint density at radius 3 is 2.82 bits per heavy atom. The molecule has 0 amide bonds. The van der Waals surface area contributed by atoms with Gasteiger partial charge in [-0.15, -0.1) is 0 Å². The first kappa shape index (κ1) is 10.9. The Kier molecular flexibility index (Phi) is 2.63. The van der Waals surface area contributed by atoms with Crippen molar-refractivity contribution in [1.29, 1.82) is 5.26 Å². The van der Waals surface area contributed by atoms with E-state index in [1.54, 1.807) is 16.7 Å². The normalized spacial score (nSPS) is 9.88. The topological polar surface area (TPSA) is 78.9 Å². The van der Waals surface area contributed by atoms with Gasteiger partial charge in [0.1, 0.15) is 6.33 Å². The third kappa shape index (κ3) is 2.01. The minimum Gasteiger partial charge on any atom is -0.476 e. The summed E-state index contributed by atoms with van der Waals surface area (Å²) in [5.74, 6) is -1.06. The van der Waals surface area contributed by atoms with Crippen LogP contribution in [0.15, 0.2) is 30.7 Å². The standard InChI is InChI=1S/C12H9N3O2/c1-8-4-10(3-2-9(8)5-13)15-6-11(12(16)17)14-7-15/h2-4,6-7H,1H3,(H,16,17). The summed E-state index contributed by atoms with van der Waals surface area (Å²) in [5.41, 5.74) is 2.22. The number of carboxylic acid groups (broad SMARTS) is 1. The van der Waals surface area contributed by atoms with Crippen molar-refractivity contribution in [2.75, 3.05) is 0 Å². The molecule has 1 heterocycles. The first-order valence-electron chi connectivity index (χ1n) is 4.90. The van der Waals surface area contributed by atoms with Gasteiger partial charge in [-0.3, -0.25) is 0 Å². The quantitative estimate of drug-likeness (QED) is 0.847. The van der Waals surface area contributed by atoms with Crippen LogP contribution < -0.4 is 0 Å². The second kappa shape index (κ2) is 4.10. The molecule has 84 valence electrons. The van der Waals surface area contributed by atoms with Crippen molar-refractivity contribution in [2.24, 2.45) is 0 Å². The van der Waals surface area contributed by atoms with Crippen LogP contribution in [0.3, 0.4) is 0 Å². The highest BCUT2D eigenvalue weighted by atomic mass is 16.4. The average molecular weight is 227 g/mol. The number of carboxylic acids is 1. The van der Waals surface area contributed by atoms with E-state index in [-0.39, 0.29) is 5.69 Å². The van der Waals surface area contributed by atoms with Crippen LogP contribution in [0.1, 0.15) is 21.6 Å². The molecule has 5 heteroatoms. The van der Waals surface area contributed by atoms with E-state index in [2.05, 4.69) is 11.1 Å². The Bertz CT molecular complexity index is 623. The molecular weight excluding hydrogens is 218 g/mol. The summed E-state index contributed by atoms with van der Waals surface area (Å²) < 4.78 is 1.61. The molecule has 0 spiro atoms. The number of hydrogen-bond donors (Lipinski definition) is 1. The van der Waals surface area contributed by atoms with Gasteiger partial charge < -0.3 is 9.67 Å². The maximum atomic E-state index is 10.7. The maximum absolute atomic E-state index is 10.7. The molecule has 0 fully saturated rings. The zero-order valence-corrected chi connectivity index (χ0v) is 9.08. The van der Waals surface area contributed by atoms with Gasteiger partial charge in [0, 0.05) is 11.9 Å². The fraction of sp³-hybridized carbons (Fsp3) is 0.0833. The van der Waals surface area contributed by atoms with Gasteiger partial charge in [-0.2, -0.15) is 5.26 Å². The largest absolute Gasteiger partial charge is 0.476 e. The minimum absolute atomic E-state index is 0.00740. The van der Waals surface area contributed by atoms with Crippen LogP contribution in [0, 0.1) is 18.3 Å². The van der Waals surface area contributed by atoms with E-state index < -0.39 is 5.97 Å². The molecule has 17 heavy (non-hydrogen) atoms. The third-order valence-corrected chi connectivity index (χ3v) is 2.43. The Hall–Kier alpha value is -2.61. The Morgan fingerprint density at radius 1 is 1.53 bits per heavy atom. The Labute approximate surface area is 97.6 Å². The van der Waals surface area contributed by atoms with Crippen molar-refractivity contribution in [3.63, 3.8) is 0 Å². The highest BCUT2D eigenvalue weighted by molar-refractivity contribution is 5.85. The molecule has 0 radical (unpaired) electrons. The monoisotopic (exact) mass is 227 g/mol. The molecule has 0 saturated carbocycles. The van der Waals surface area contributed by atoms with Crippen molar-refractivity contribution in [1.82, 2.24) is 9.55 Å². The molecule has 0 bridgehead atoms. The third-order valence-electron chi connectivity index (χ3n) is 2.43. The van der Waals surface area contributed by atoms with Gasteiger partial charge in [-0.25, -0.2) is 9.78 Å². The summed E-state index contributed by atoms with van der Waals surface area (Å²) in [6.45, 7) is 1.83. The molecule has 2 rings (SSSR count). The smallest absolute Gasteiger partial charge is 0.356 e. The summed E-state index contributed by atoms with van der Waals surface area (Å²) >= 11 is 0. The lowest BCUT2D eigenvalue weighted by Gasteiger charge is -2.03. The van der Waals surface area contributed by atoms with E-state index in [0.29, 0.717) is 5.56 Å². The summed E-state index contributed by atoms with van der Waals surface area (Å²) in [7, 11) is 0. The van der Waals surface area contributed by atoms with Gasteiger partial charge in [0.2, 0.25) is 0 Å². The number of aromatic nitrogens is 2. The molecular formula is C12H9N3O2. The number of carbonyl (C=O) groups is 1. The summed E-state index contributed by atoms with van der Waals surface area (Å²) in [4.78, 5) is 14.5. The Balaban J connectivity index is 2.43. The van der Waals surface area contributed by atoms with Crippen LogP contribution >= 0.6 is 0 Å². The lowest BCUT2D eigenvalue weighted by atomic mass is 10.1. The molecule has 1 N–H and O–H groups in total. The predicted octanol–water partition coefficient (Wildman–Crippen LogP) is 1.75. The molecule has 0 aliphatic heterocycles. The highest BCUT2D eigenvalue weighted by Gasteiger charge is 2.08. The first-order chi connectivity index (χ1) is 8.11. The lowest BCUT2D eigenvalue weighted by molar-refractivity contribution is 0.0691.